The van der Waals surface area contributed by atoms with Crippen molar-refractivity contribution in [2.75, 3.05) is 6.54 Å². The van der Waals surface area contributed by atoms with Crippen LogP contribution in [-0.4, -0.2) is 31.9 Å². The molecule has 0 aliphatic carbocycles. The second-order valence-electron chi connectivity index (χ2n) is 6.45. The highest BCUT2D eigenvalue weighted by Crippen LogP contribution is 2.19. The maximum absolute atomic E-state index is 13.4. The van der Waals surface area contributed by atoms with Gasteiger partial charge in [-0.2, -0.15) is 5.10 Å². The van der Waals surface area contributed by atoms with Gasteiger partial charge in [-0.25, -0.2) is 9.50 Å². The summed E-state index contributed by atoms with van der Waals surface area (Å²) in [6.45, 7) is 5.14. The Hall–Kier alpha value is -2.51. The summed E-state index contributed by atoms with van der Waals surface area (Å²) in [6, 6.07) is 10.2. The number of carbonyl (C=O) groups is 1. The number of aryl methyl sites for hydroxylation is 2. The van der Waals surface area contributed by atoms with Crippen LogP contribution in [0.2, 0.25) is 0 Å². The third-order valence-corrected chi connectivity index (χ3v) is 6.30. The molecule has 4 heterocycles. The SMILES string of the molecule is Cc1cc2ncc(C(=O)N(CCc3cccs3)Cc3cccs3)c(C)n2n1. The van der Waals surface area contributed by atoms with Gasteiger partial charge >= 0.3 is 0 Å². The third kappa shape index (κ3) is 3.79. The first-order valence-electron chi connectivity index (χ1n) is 8.78. The van der Waals surface area contributed by atoms with Crippen molar-refractivity contribution in [3.8, 4) is 0 Å². The zero-order chi connectivity index (χ0) is 18.8. The topological polar surface area (TPSA) is 50.5 Å². The van der Waals surface area contributed by atoms with E-state index in [2.05, 4.69) is 27.6 Å². The summed E-state index contributed by atoms with van der Waals surface area (Å²) < 4.78 is 1.76. The summed E-state index contributed by atoms with van der Waals surface area (Å²) in [5, 5.41) is 8.58. The molecule has 0 N–H and O–H groups in total. The zero-order valence-corrected chi connectivity index (χ0v) is 16.9. The summed E-state index contributed by atoms with van der Waals surface area (Å²) in [5.74, 6) is 0.00000850. The summed E-state index contributed by atoms with van der Waals surface area (Å²) >= 11 is 3.40. The molecule has 0 fully saturated rings. The van der Waals surface area contributed by atoms with Crippen LogP contribution in [0.25, 0.3) is 5.65 Å². The van der Waals surface area contributed by atoms with Crippen molar-refractivity contribution in [2.24, 2.45) is 0 Å². The number of thiophene rings is 2. The standard InChI is InChI=1S/C20H20N4OS2/c1-14-11-19-21-12-18(15(2)24(19)22-14)20(25)23(13-17-6-4-10-27-17)8-7-16-5-3-9-26-16/h3-6,9-12H,7-8,13H2,1-2H3. The van der Waals surface area contributed by atoms with E-state index in [0.29, 0.717) is 18.7 Å². The molecule has 7 heteroatoms. The third-order valence-electron chi connectivity index (χ3n) is 4.50. The zero-order valence-electron chi connectivity index (χ0n) is 15.3. The minimum Gasteiger partial charge on any atom is -0.333 e. The normalized spacial score (nSPS) is 11.2. The molecule has 27 heavy (non-hydrogen) atoms. The molecule has 0 spiro atoms. The lowest BCUT2D eigenvalue weighted by Gasteiger charge is -2.23. The van der Waals surface area contributed by atoms with Crippen molar-refractivity contribution in [1.82, 2.24) is 19.5 Å². The quantitative estimate of drug-likeness (QED) is 0.487. The van der Waals surface area contributed by atoms with Crippen molar-refractivity contribution < 1.29 is 4.79 Å². The fourth-order valence-corrected chi connectivity index (χ4v) is 4.50. The lowest BCUT2D eigenvalue weighted by Crippen LogP contribution is -2.33. The highest BCUT2D eigenvalue weighted by molar-refractivity contribution is 7.10. The molecular formula is C20H20N4OS2. The highest BCUT2D eigenvalue weighted by atomic mass is 32.1. The maximum atomic E-state index is 13.4. The number of aromatic nitrogens is 3. The number of amides is 1. The molecule has 138 valence electrons. The molecule has 4 rings (SSSR count). The molecule has 0 aromatic carbocycles. The van der Waals surface area contributed by atoms with E-state index in [4.69, 9.17) is 0 Å². The van der Waals surface area contributed by atoms with E-state index in [1.54, 1.807) is 33.4 Å². The van der Waals surface area contributed by atoms with Gasteiger partial charge in [-0.3, -0.25) is 4.79 Å². The van der Waals surface area contributed by atoms with E-state index in [-0.39, 0.29) is 5.91 Å². The maximum Gasteiger partial charge on any atom is 0.257 e. The van der Waals surface area contributed by atoms with Crippen molar-refractivity contribution in [1.29, 1.82) is 0 Å². The van der Waals surface area contributed by atoms with E-state index >= 15 is 0 Å². The Morgan fingerprint density at radius 3 is 2.59 bits per heavy atom. The van der Waals surface area contributed by atoms with Crippen LogP contribution in [-0.2, 0) is 13.0 Å². The molecule has 0 saturated carbocycles. The van der Waals surface area contributed by atoms with Gasteiger partial charge in [0.25, 0.3) is 5.91 Å². The summed E-state index contributed by atoms with van der Waals surface area (Å²) in [7, 11) is 0. The number of rotatable bonds is 6. The van der Waals surface area contributed by atoms with Crippen molar-refractivity contribution in [3.05, 3.63) is 74.0 Å². The lowest BCUT2D eigenvalue weighted by atomic mass is 10.2. The van der Waals surface area contributed by atoms with E-state index in [1.165, 1.54) is 9.75 Å². The Morgan fingerprint density at radius 2 is 1.89 bits per heavy atom. The molecular weight excluding hydrogens is 376 g/mol. The molecule has 4 aromatic rings. The Kier molecular flexibility index (Phi) is 5.05. The molecule has 0 saturated heterocycles. The fourth-order valence-electron chi connectivity index (χ4n) is 3.09. The van der Waals surface area contributed by atoms with Crippen LogP contribution in [0.15, 0.2) is 47.3 Å². The first kappa shape index (κ1) is 17.9. The van der Waals surface area contributed by atoms with Crippen LogP contribution < -0.4 is 0 Å². The molecule has 0 aliphatic heterocycles. The van der Waals surface area contributed by atoms with Crippen LogP contribution in [0.4, 0.5) is 0 Å². The Balaban J connectivity index is 1.63. The lowest BCUT2D eigenvalue weighted by molar-refractivity contribution is 0.0745. The van der Waals surface area contributed by atoms with E-state index in [9.17, 15) is 4.79 Å². The number of hydrogen-bond donors (Lipinski definition) is 0. The summed E-state index contributed by atoms with van der Waals surface area (Å²) in [5.41, 5.74) is 3.09. The largest absolute Gasteiger partial charge is 0.333 e. The van der Waals surface area contributed by atoms with Gasteiger partial charge in [-0.05, 0) is 43.2 Å². The van der Waals surface area contributed by atoms with E-state index in [1.807, 2.05) is 42.3 Å². The molecule has 0 aliphatic rings. The number of nitrogens with zero attached hydrogens (tertiary/aromatic N) is 4. The van der Waals surface area contributed by atoms with Gasteiger partial charge in [0, 0.05) is 28.6 Å². The number of carbonyl (C=O) groups excluding carboxylic acids is 1. The predicted octanol–water partition coefficient (Wildman–Crippen LogP) is 4.35. The Bertz CT molecular complexity index is 1050. The molecule has 0 radical (unpaired) electrons. The van der Waals surface area contributed by atoms with E-state index < -0.39 is 0 Å². The van der Waals surface area contributed by atoms with Crippen molar-refractivity contribution >= 4 is 34.2 Å². The van der Waals surface area contributed by atoms with E-state index in [0.717, 1.165) is 23.5 Å². The molecule has 4 aromatic heterocycles. The van der Waals surface area contributed by atoms with Crippen LogP contribution in [0, 0.1) is 13.8 Å². The van der Waals surface area contributed by atoms with Crippen LogP contribution in [0.1, 0.15) is 31.5 Å². The Morgan fingerprint density at radius 1 is 1.15 bits per heavy atom. The molecule has 0 bridgehead atoms. The van der Waals surface area contributed by atoms with Crippen LogP contribution in [0.5, 0.6) is 0 Å². The first-order chi connectivity index (χ1) is 13.1. The van der Waals surface area contributed by atoms with Crippen LogP contribution >= 0.6 is 22.7 Å². The van der Waals surface area contributed by atoms with Gasteiger partial charge in [0.1, 0.15) is 0 Å². The highest BCUT2D eigenvalue weighted by Gasteiger charge is 2.21. The minimum absolute atomic E-state index is 0.00000850. The Labute approximate surface area is 165 Å². The average molecular weight is 397 g/mol. The molecule has 0 atom stereocenters. The molecule has 1 amide bonds. The van der Waals surface area contributed by atoms with Crippen molar-refractivity contribution in [3.63, 3.8) is 0 Å². The monoisotopic (exact) mass is 396 g/mol. The second kappa shape index (κ2) is 7.62. The van der Waals surface area contributed by atoms with Gasteiger partial charge in [-0.15, -0.1) is 22.7 Å². The average Bonchev–Trinajstić information content (AvgIpc) is 3.40. The van der Waals surface area contributed by atoms with Gasteiger partial charge < -0.3 is 4.90 Å². The first-order valence-corrected chi connectivity index (χ1v) is 10.5. The van der Waals surface area contributed by atoms with Gasteiger partial charge in [0.05, 0.1) is 23.5 Å². The number of hydrogen-bond acceptors (Lipinski definition) is 5. The molecule has 5 nitrogen and oxygen atoms in total. The van der Waals surface area contributed by atoms with Gasteiger partial charge in [0.2, 0.25) is 0 Å². The minimum atomic E-state index is 0.00000850. The van der Waals surface area contributed by atoms with Gasteiger partial charge in [0.15, 0.2) is 5.65 Å². The number of fused-ring (bicyclic) bond motifs is 1. The summed E-state index contributed by atoms with van der Waals surface area (Å²) in [4.78, 5) is 22.2. The van der Waals surface area contributed by atoms with Crippen molar-refractivity contribution in [2.45, 2.75) is 26.8 Å². The summed E-state index contributed by atoms with van der Waals surface area (Å²) in [6.07, 6.45) is 2.53. The molecule has 0 unspecified atom stereocenters. The van der Waals surface area contributed by atoms with Gasteiger partial charge in [-0.1, -0.05) is 12.1 Å². The predicted molar refractivity (Wildman–Crippen MR) is 110 cm³/mol. The smallest absolute Gasteiger partial charge is 0.257 e. The van der Waals surface area contributed by atoms with Crippen LogP contribution in [0.3, 0.4) is 0 Å². The fraction of sp³-hybridized carbons (Fsp3) is 0.250. The second-order valence-corrected chi connectivity index (χ2v) is 8.51.